The van der Waals surface area contributed by atoms with Crippen LogP contribution in [0.5, 0.6) is 0 Å². The molecule has 3 aliphatic rings. The number of aldehydes is 1. The van der Waals surface area contributed by atoms with Crippen LogP contribution in [0.15, 0.2) is 23.8 Å². The van der Waals surface area contributed by atoms with Gasteiger partial charge in [-0.25, -0.2) is 0 Å². The molecule has 0 aromatic carbocycles. The molecule has 14 heteroatoms. The Hall–Kier alpha value is -3.30. The molecule has 2 aliphatic heterocycles. The molecule has 2 saturated heterocycles. The number of ether oxygens (including phenoxy) is 7. The fourth-order valence-corrected chi connectivity index (χ4v) is 6.23. The van der Waals surface area contributed by atoms with Crippen molar-refractivity contribution in [1.29, 1.82) is 0 Å². The number of ketones is 1. The van der Waals surface area contributed by atoms with Crippen LogP contribution < -0.4 is 0 Å². The van der Waals surface area contributed by atoms with Crippen molar-refractivity contribution in [2.24, 2.45) is 41.4 Å². The summed E-state index contributed by atoms with van der Waals surface area (Å²) in [5, 5.41) is 8.88. The van der Waals surface area contributed by atoms with E-state index in [0.717, 1.165) is 56.0 Å². The molecule has 61 heavy (non-hydrogen) atoms. The minimum absolute atomic E-state index is 0. The van der Waals surface area contributed by atoms with Gasteiger partial charge in [0.15, 0.2) is 18.4 Å². The van der Waals surface area contributed by atoms with Crippen molar-refractivity contribution in [2.45, 2.75) is 154 Å². The van der Waals surface area contributed by atoms with Crippen molar-refractivity contribution >= 4 is 35.9 Å². The number of carbonyl (C=O) groups is 6. The molecular weight excluding hydrogens is 789 g/mol. The molecule has 1 aliphatic carbocycles. The smallest absolute Gasteiger partial charge is 0.310 e. The predicted molar refractivity (Wildman–Crippen MR) is 236 cm³/mol. The molecule has 1 N–H and O–H groups in total. The van der Waals surface area contributed by atoms with Crippen molar-refractivity contribution in [1.82, 2.24) is 0 Å². The molecule has 3 rings (SSSR count). The predicted octanol–water partition coefficient (Wildman–Crippen LogP) is 8.40. The van der Waals surface area contributed by atoms with Crippen LogP contribution in [-0.4, -0.2) is 99.9 Å². The average molecular weight is 873 g/mol. The molecule has 0 radical (unpaired) electrons. The molecular formula is C47H84O14. The van der Waals surface area contributed by atoms with Gasteiger partial charge in [0.2, 0.25) is 0 Å². The van der Waals surface area contributed by atoms with Crippen LogP contribution in [0.2, 0.25) is 0 Å². The maximum atomic E-state index is 11.2. The van der Waals surface area contributed by atoms with Gasteiger partial charge in [-0.05, 0) is 86.5 Å². The van der Waals surface area contributed by atoms with E-state index in [0.29, 0.717) is 93.9 Å². The van der Waals surface area contributed by atoms with Crippen molar-refractivity contribution in [3.63, 3.8) is 0 Å². The molecule has 14 nitrogen and oxygen atoms in total. The highest BCUT2D eigenvalue weighted by Gasteiger charge is 2.25. The topological polar surface area (TPSA) is 187 Å². The van der Waals surface area contributed by atoms with E-state index in [9.17, 15) is 28.8 Å². The van der Waals surface area contributed by atoms with Crippen molar-refractivity contribution < 1.29 is 67.0 Å². The van der Waals surface area contributed by atoms with Crippen LogP contribution in [0.3, 0.4) is 0 Å². The zero-order valence-electron chi connectivity index (χ0n) is 38.9. The molecule has 0 unspecified atom stereocenters. The van der Waals surface area contributed by atoms with Crippen LogP contribution in [0.1, 0.15) is 142 Å². The van der Waals surface area contributed by atoms with Gasteiger partial charge in [-0.3, -0.25) is 24.0 Å². The Kier molecular flexibility index (Phi) is 37.9. The molecule has 356 valence electrons. The Morgan fingerprint density at radius 1 is 0.721 bits per heavy atom. The van der Waals surface area contributed by atoms with E-state index in [-0.39, 0.29) is 44.3 Å². The van der Waals surface area contributed by atoms with Gasteiger partial charge in [-0.15, -0.1) is 0 Å². The van der Waals surface area contributed by atoms with Gasteiger partial charge >= 0.3 is 23.9 Å². The minimum atomic E-state index is -0.562. The van der Waals surface area contributed by atoms with E-state index < -0.39 is 11.9 Å². The standard InChI is InChI=1S/C12H22O4.C10H20O3.C10H18O3.C10H14O.C4H6O3.CH4/c1-9(2)11(4-5-14-10(3)13)8-12-15-6-7-16-12;1-8(2)9(3-4-11)7-10-12-5-6-13-10;1-8(2)10(4-6-11)5-7-13-9(3)12;1-7(2)9-5-4-8(3)10(11)6-9;1-3(5)7-4(2)6;/h9,11-12H,4-8H2,1-3H3;8-11H,3-7H2,1-2H3;6,8,10H,4-5,7H2,1-3H3;4,9H,1,5-6H2,2-3H3;1-2H3;1H4/t11-;9-;10-;9-;;/m0011../s1. The second-order valence-corrected chi connectivity index (χ2v) is 16.4. The number of aliphatic hydroxyl groups excluding tert-OH is 1. The lowest BCUT2D eigenvalue weighted by molar-refractivity contribution is -0.156. The third kappa shape index (κ3) is 34.9. The SMILES string of the molecule is C.C=C(C)[C@@H]1CC=C(C)C(=O)C1.CC(=O)OC(C)=O.CC(=O)OCC[C@@H](CC1OCCO1)C(C)C.CC(=O)OCC[C@@H](CC=O)C(C)C.CC(C)[C@@H](CCO)CC1OCCO1. The largest absolute Gasteiger partial charge is 0.466 e. The van der Waals surface area contributed by atoms with Crippen LogP contribution in [0, 0.1) is 41.4 Å². The number of hydrogen-bond donors (Lipinski definition) is 1. The average Bonchev–Trinajstić information content (AvgIpc) is 3.87. The van der Waals surface area contributed by atoms with E-state index in [1.54, 1.807) is 0 Å². The van der Waals surface area contributed by atoms with Gasteiger partial charge in [0, 0.05) is 60.0 Å². The molecule has 2 heterocycles. The van der Waals surface area contributed by atoms with E-state index in [4.69, 9.17) is 33.5 Å². The fraction of sp³-hybridized carbons (Fsp3) is 0.787. The zero-order valence-corrected chi connectivity index (χ0v) is 38.9. The lowest BCUT2D eigenvalue weighted by Gasteiger charge is -2.23. The Morgan fingerprint density at radius 2 is 1.11 bits per heavy atom. The van der Waals surface area contributed by atoms with E-state index >= 15 is 0 Å². The Balaban J connectivity index is -0.000000700. The minimum Gasteiger partial charge on any atom is -0.466 e. The summed E-state index contributed by atoms with van der Waals surface area (Å²) in [4.78, 5) is 62.3. The lowest BCUT2D eigenvalue weighted by Crippen LogP contribution is -2.20. The van der Waals surface area contributed by atoms with Crippen LogP contribution in [0.4, 0.5) is 0 Å². The summed E-state index contributed by atoms with van der Waals surface area (Å²) in [6.07, 6.45) is 9.37. The van der Waals surface area contributed by atoms with Gasteiger partial charge in [0.05, 0.1) is 39.6 Å². The number of allylic oxidation sites excluding steroid dienone is 3. The van der Waals surface area contributed by atoms with Crippen LogP contribution in [0.25, 0.3) is 0 Å². The highest BCUT2D eigenvalue weighted by Crippen LogP contribution is 2.27. The first-order valence-electron chi connectivity index (χ1n) is 21.5. The van der Waals surface area contributed by atoms with Crippen molar-refractivity contribution in [3.8, 4) is 0 Å². The Morgan fingerprint density at radius 3 is 1.41 bits per heavy atom. The molecule has 2 fully saturated rings. The lowest BCUT2D eigenvalue weighted by atomic mass is 9.85. The molecule has 0 amide bonds. The number of aliphatic hydroxyl groups is 1. The molecule has 0 aromatic heterocycles. The summed E-state index contributed by atoms with van der Waals surface area (Å²) < 4.78 is 35.4. The summed E-state index contributed by atoms with van der Waals surface area (Å²) >= 11 is 0. The normalized spacial score (nSPS) is 17.5. The molecule has 0 spiro atoms. The number of rotatable bonds is 18. The highest BCUT2D eigenvalue weighted by atomic mass is 16.7. The first kappa shape index (κ1) is 62.0. The van der Waals surface area contributed by atoms with Gasteiger partial charge in [0.25, 0.3) is 0 Å². The monoisotopic (exact) mass is 873 g/mol. The second kappa shape index (κ2) is 37.3. The number of Topliss-reactive ketones (excluding diaryl/α,β-unsaturated/α-hetero) is 1. The number of hydrogen-bond acceptors (Lipinski definition) is 14. The summed E-state index contributed by atoms with van der Waals surface area (Å²) in [5.41, 5.74) is 2.05. The fourth-order valence-electron chi connectivity index (χ4n) is 6.23. The molecule has 4 atom stereocenters. The third-order valence-corrected chi connectivity index (χ3v) is 10.3. The molecule has 0 bridgehead atoms. The maximum absolute atomic E-state index is 11.2. The van der Waals surface area contributed by atoms with E-state index in [1.807, 2.05) is 19.9 Å². The molecule has 0 saturated carbocycles. The van der Waals surface area contributed by atoms with Crippen molar-refractivity contribution in [3.05, 3.63) is 23.8 Å². The first-order valence-corrected chi connectivity index (χ1v) is 21.5. The van der Waals surface area contributed by atoms with E-state index in [1.165, 1.54) is 27.7 Å². The van der Waals surface area contributed by atoms with Gasteiger partial charge in [-0.2, -0.15) is 0 Å². The Labute approximate surface area is 368 Å². The summed E-state index contributed by atoms with van der Waals surface area (Å²) in [6.45, 7) is 29.8. The van der Waals surface area contributed by atoms with Crippen LogP contribution in [-0.2, 0) is 61.9 Å². The van der Waals surface area contributed by atoms with E-state index in [2.05, 4.69) is 52.9 Å². The summed E-state index contributed by atoms with van der Waals surface area (Å²) in [5.74, 6) is 1.98. The quantitative estimate of drug-likeness (QED) is 0.0455. The first-order chi connectivity index (χ1) is 28.1. The summed E-state index contributed by atoms with van der Waals surface area (Å²) in [6, 6.07) is 0. The van der Waals surface area contributed by atoms with Gasteiger partial charge < -0.3 is 43.1 Å². The van der Waals surface area contributed by atoms with Gasteiger partial charge in [0.1, 0.15) is 6.29 Å². The number of carbonyl (C=O) groups excluding carboxylic acids is 6. The van der Waals surface area contributed by atoms with Gasteiger partial charge in [-0.1, -0.05) is 67.2 Å². The zero-order chi connectivity index (χ0) is 46.2. The molecule has 0 aromatic rings. The number of esters is 4. The second-order valence-electron chi connectivity index (χ2n) is 16.4. The van der Waals surface area contributed by atoms with Crippen LogP contribution >= 0.6 is 0 Å². The highest BCUT2D eigenvalue weighted by molar-refractivity contribution is 5.95. The van der Waals surface area contributed by atoms with Crippen molar-refractivity contribution in [2.75, 3.05) is 46.2 Å². The summed E-state index contributed by atoms with van der Waals surface area (Å²) in [7, 11) is 0. The third-order valence-electron chi connectivity index (χ3n) is 10.3. The maximum Gasteiger partial charge on any atom is 0.310 e. The Bertz CT molecular complexity index is 1250.